The van der Waals surface area contributed by atoms with E-state index in [1.807, 2.05) is 37.3 Å². The Kier molecular flexibility index (Phi) is 5.31. The molecule has 0 heterocycles. The van der Waals surface area contributed by atoms with Crippen molar-refractivity contribution in [1.29, 1.82) is 0 Å². The number of hydrogen-bond acceptors (Lipinski definition) is 4. The van der Waals surface area contributed by atoms with Crippen LogP contribution in [0.15, 0.2) is 30.3 Å². The van der Waals surface area contributed by atoms with Gasteiger partial charge in [0.15, 0.2) is 0 Å². The minimum absolute atomic E-state index is 0.284. The monoisotopic (exact) mass is 251 g/mol. The van der Waals surface area contributed by atoms with Gasteiger partial charge < -0.3 is 9.47 Å². The number of carbonyl (C=O) groups is 1. The molecule has 4 nitrogen and oxygen atoms in total. The Labute approximate surface area is 108 Å². The van der Waals surface area contributed by atoms with Crippen molar-refractivity contribution in [3.05, 3.63) is 35.9 Å². The summed E-state index contributed by atoms with van der Waals surface area (Å²) in [5.41, 5.74) is 0.246. The molecule has 18 heavy (non-hydrogen) atoms. The minimum atomic E-state index is -0.862. The van der Waals surface area contributed by atoms with E-state index in [4.69, 9.17) is 9.47 Å². The van der Waals surface area contributed by atoms with Gasteiger partial charge in [-0.05, 0) is 19.4 Å². The third-order valence-corrected chi connectivity index (χ3v) is 3.28. The number of hydrogen-bond donors (Lipinski definition) is 1. The fourth-order valence-corrected chi connectivity index (χ4v) is 1.71. The molecule has 0 aliphatic heterocycles. The number of nitrogens with one attached hydrogen (secondary N) is 1. The van der Waals surface area contributed by atoms with E-state index in [2.05, 4.69) is 5.32 Å². The van der Waals surface area contributed by atoms with Gasteiger partial charge in [0.05, 0.1) is 13.2 Å². The summed E-state index contributed by atoms with van der Waals surface area (Å²) in [7, 11) is 2.96. The van der Waals surface area contributed by atoms with Crippen LogP contribution < -0.4 is 5.32 Å². The fraction of sp³-hybridized carbons (Fsp3) is 0.500. The molecule has 0 aromatic heterocycles. The molecule has 4 heteroatoms. The van der Waals surface area contributed by atoms with E-state index >= 15 is 0 Å². The molecule has 0 radical (unpaired) electrons. The Morgan fingerprint density at radius 1 is 1.33 bits per heavy atom. The number of carbonyl (C=O) groups excluding carboxylic acids is 1. The smallest absolute Gasteiger partial charge is 0.328 e. The van der Waals surface area contributed by atoms with Crippen LogP contribution in [0.4, 0.5) is 0 Å². The van der Waals surface area contributed by atoms with Crippen LogP contribution >= 0.6 is 0 Å². The van der Waals surface area contributed by atoms with Crippen molar-refractivity contribution in [2.24, 2.45) is 0 Å². The van der Waals surface area contributed by atoms with Crippen molar-refractivity contribution in [3.8, 4) is 0 Å². The van der Waals surface area contributed by atoms with Crippen LogP contribution in [-0.2, 0) is 20.8 Å². The van der Waals surface area contributed by atoms with Gasteiger partial charge in [-0.25, -0.2) is 4.79 Å². The lowest BCUT2D eigenvalue weighted by Crippen LogP contribution is -2.57. The summed E-state index contributed by atoms with van der Waals surface area (Å²) in [5.74, 6) is -0.326. The van der Waals surface area contributed by atoms with E-state index in [1.54, 1.807) is 14.0 Å². The summed E-state index contributed by atoms with van der Waals surface area (Å²) in [6.45, 7) is 4.21. The Morgan fingerprint density at radius 2 is 1.94 bits per heavy atom. The lowest BCUT2D eigenvalue weighted by molar-refractivity contribution is -0.153. The largest absolute Gasteiger partial charge is 0.468 e. The van der Waals surface area contributed by atoms with Crippen LogP contribution in [0.3, 0.4) is 0 Å². The molecule has 0 fully saturated rings. The van der Waals surface area contributed by atoms with Gasteiger partial charge in [-0.3, -0.25) is 5.32 Å². The molecule has 0 aliphatic rings. The summed E-state index contributed by atoms with van der Waals surface area (Å²) < 4.78 is 10.1. The summed E-state index contributed by atoms with van der Waals surface area (Å²) in [6, 6.07) is 9.89. The topological polar surface area (TPSA) is 47.6 Å². The number of rotatable bonds is 6. The molecule has 2 atom stereocenters. The Bertz CT molecular complexity index is 380. The number of benzene rings is 1. The highest BCUT2D eigenvalue weighted by atomic mass is 16.5. The second kappa shape index (κ2) is 6.52. The highest BCUT2D eigenvalue weighted by Gasteiger charge is 2.40. The molecule has 0 spiro atoms. The molecule has 1 aromatic carbocycles. The molecule has 0 saturated carbocycles. The van der Waals surface area contributed by atoms with Gasteiger partial charge in [0.25, 0.3) is 0 Å². The molecule has 1 N–H and O–H groups in total. The predicted octanol–water partition coefficient (Wildman–Crippen LogP) is 1.74. The Hall–Kier alpha value is -1.39. The zero-order valence-electron chi connectivity index (χ0n) is 11.4. The van der Waals surface area contributed by atoms with E-state index < -0.39 is 5.54 Å². The van der Waals surface area contributed by atoms with Gasteiger partial charge >= 0.3 is 5.97 Å². The first kappa shape index (κ1) is 14.7. The zero-order valence-corrected chi connectivity index (χ0v) is 11.4. The first-order valence-electron chi connectivity index (χ1n) is 5.94. The maximum absolute atomic E-state index is 11.9. The molecular formula is C14H21NO3. The van der Waals surface area contributed by atoms with Crippen LogP contribution in [0, 0.1) is 0 Å². The maximum atomic E-state index is 11.9. The SMILES string of the molecule is COC(=O)C(C)(NCc1ccccc1)C(C)OC. The van der Waals surface area contributed by atoms with Gasteiger partial charge in [0.2, 0.25) is 0 Å². The van der Waals surface area contributed by atoms with Gasteiger partial charge in [0, 0.05) is 13.7 Å². The zero-order chi connectivity index (χ0) is 13.6. The number of methoxy groups -OCH3 is 2. The van der Waals surface area contributed by atoms with Crippen LogP contribution in [0.2, 0.25) is 0 Å². The minimum Gasteiger partial charge on any atom is -0.468 e. The van der Waals surface area contributed by atoms with E-state index in [9.17, 15) is 4.79 Å². The first-order valence-corrected chi connectivity index (χ1v) is 5.94. The maximum Gasteiger partial charge on any atom is 0.328 e. The summed E-state index contributed by atoms with van der Waals surface area (Å²) in [6.07, 6.45) is -0.284. The lowest BCUT2D eigenvalue weighted by Gasteiger charge is -2.33. The number of ether oxygens (including phenoxy) is 2. The molecule has 0 saturated heterocycles. The van der Waals surface area contributed by atoms with Crippen LogP contribution in [-0.4, -0.2) is 31.8 Å². The van der Waals surface area contributed by atoms with Gasteiger partial charge in [-0.15, -0.1) is 0 Å². The second-order valence-corrected chi connectivity index (χ2v) is 4.41. The lowest BCUT2D eigenvalue weighted by atomic mass is 9.95. The van der Waals surface area contributed by atoms with E-state index in [0.29, 0.717) is 6.54 Å². The van der Waals surface area contributed by atoms with E-state index in [1.165, 1.54) is 7.11 Å². The standard InChI is InChI=1S/C14H21NO3/c1-11(17-3)14(2,13(16)18-4)15-10-12-8-6-5-7-9-12/h5-9,11,15H,10H2,1-4H3. The third-order valence-electron chi connectivity index (χ3n) is 3.28. The number of esters is 1. The Balaban J connectivity index is 2.77. The molecular weight excluding hydrogens is 230 g/mol. The van der Waals surface area contributed by atoms with Crippen LogP contribution in [0.1, 0.15) is 19.4 Å². The van der Waals surface area contributed by atoms with Crippen LogP contribution in [0.5, 0.6) is 0 Å². The molecule has 0 amide bonds. The van der Waals surface area contributed by atoms with Crippen molar-refractivity contribution in [2.75, 3.05) is 14.2 Å². The van der Waals surface area contributed by atoms with E-state index in [0.717, 1.165) is 5.56 Å². The predicted molar refractivity (Wildman–Crippen MR) is 70.2 cm³/mol. The molecule has 1 rings (SSSR count). The van der Waals surface area contributed by atoms with Crippen molar-refractivity contribution in [1.82, 2.24) is 5.32 Å². The van der Waals surface area contributed by atoms with Crippen molar-refractivity contribution < 1.29 is 14.3 Å². The first-order chi connectivity index (χ1) is 8.54. The second-order valence-electron chi connectivity index (χ2n) is 4.41. The van der Waals surface area contributed by atoms with Crippen molar-refractivity contribution in [2.45, 2.75) is 32.0 Å². The molecule has 1 aromatic rings. The molecule has 0 aliphatic carbocycles. The molecule has 0 bridgehead atoms. The molecule has 100 valence electrons. The van der Waals surface area contributed by atoms with Gasteiger partial charge in [-0.2, -0.15) is 0 Å². The van der Waals surface area contributed by atoms with Crippen molar-refractivity contribution >= 4 is 5.97 Å². The van der Waals surface area contributed by atoms with Crippen LogP contribution in [0.25, 0.3) is 0 Å². The summed E-state index contributed by atoms with van der Waals surface area (Å²) in [5, 5.41) is 3.21. The van der Waals surface area contributed by atoms with Gasteiger partial charge in [0.1, 0.15) is 5.54 Å². The van der Waals surface area contributed by atoms with Crippen molar-refractivity contribution in [3.63, 3.8) is 0 Å². The summed E-state index contributed by atoms with van der Waals surface area (Å²) in [4.78, 5) is 11.9. The normalized spacial score (nSPS) is 15.8. The van der Waals surface area contributed by atoms with E-state index in [-0.39, 0.29) is 12.1 Å². The highest BCUT2D eigenvalue weighted by Crippen LogP contribution is 2.16. The average Bonchev–Trinajstić information content (AvgIpc) is 2.43. The average molecular weight is 251 g/mol. The third kappa shape index (κ3) is 3.31. The van der Waals surface area contributed by atoms with Gasteiger partial charge in [-0.1, -0.05) is 30.3 Å². The summed E-state index contributed by atoms with van der Waals surface area (Å²) >= 11 is 0. The molecule has 2 unspecified atom stereocenters. The fourth-order valence-electron chi connectivity index (χ4n) is 1.71. The highest BCUT2D eigenvalue weighted by molar-refractivity contribution is 5.81. The Morgan fingerprint density at radius 3 is 2.44 bits per heavy atom. The quantitative estimate of drug-likeness (QED) is 0.782.